The summed E-state index contributed by atoms with van der Waals surface area (Å²) in [7, 11) is 0. The normalized spacial score (nSPS) is 12.5. The fourth-order valence-corrected chi connectivity index (χ4v) is 0.581. The van der Waals surface area contributed by atoms with Crippen LogP contribution in [-0.4, -0.2) is 48.1 Å². The zero-order valence-corrected chi connectivity index (χ0v) is 8.38. The first-order valence-corrected chi connectivity index (χ1v) is 4.36. The second-order valence-electron chi connectivity index (χ2n) is 2.70. The molecule has 6 heteroatoms. The van der Waals surface area contributed by atoms with Crippen LogP contribution in [0.1, 0.15) is 6.92 Å². The highest BCUT2D eigenvalue weighted by Gasteiger charge is 2.02. The second-order valence-corrected chi connectivity index (χ2v) is 2.70. The smallest absolute Gasteiger partial charge is 0.331 e. The quantitative estimate of drug-likeness (QED) is 0.439. The molecule has 0 spiro atoms. The van der Waals surface area contributed by atoms with E-state index in [1.54, 1.807) is 0 Å². The topological polar surface area (TPSA) is 93.1 Å². The van der Waals surface area contributed by atoms with Crippen LogP contribution < -0.4 is 0 Å². The maximum Gasteiger partial charge on any atom is 0.331 e. The minimum atomic E-state index is -0.747. The van der Waals surface area contributed by atoms with Crippen LogP contribution in [0.3, 0.4) is 0 Å². The highest BCUT2D eigenvalue weighted by atomic mass is 16.5. The molecule has 0 aliphatic heterocycles. The van der Waals surface area contributed by atoms with Crippen molar-refractivity contribution < 1.29 is 29.3 Å². The number of aliphatic hydroxyl groups is 2. The molecule has 0 aliphatic carbocycles. The molecule has 6 nitrogen and oxygen atoms in total. The van der Waals surface area contributed by atoms with E-state index in [0.29, 0.717) is 0 Å². The molecular formula is C9H14O6. The summed E-state index contributed by atoms with van der Waals surface area (Å²) < 4.78 is 8.96. The Morgan fingerprint density at radius 1 is 1.27 bits per heavy atom. The van der Waals surface area contributed by atoms with E-state index >= 15 is 0 Å². The lowest BCUT2D eigenvalue weighted by Crippen LogP contribution is -2.14. The molecule has 0 amide bonds. The number of ether oxygens (including phenoxy) is 2. The van der Waals surface area contributed by atoms with Crippen molar-refractivity contribution in [2.24, 2.45) is 0 Å². The Hall–Kier alpha value is -1.40. The minimum absolute atomic E-state index is 0.119. The molecule has 0 rings (SSSR count). The Bertz CT molecular complexity index is 233. The lowest BCUT2D eigenvalue weighted by atomic mass is 10.4. The van der Waals surface area contributed by atoms with Gasteiger partial charge in [-0.25, -0.2) is 9.59 Å². The van der Waals surface area contributed by atoms with Gasteiger partial charge in [-0.05, 0) is 6.92 Å². The molecule has 0 aromatic carbocycles. The first kappa shape index (κ1) is 13.6. The predicted molar refractivity (Wildman–Crippen MR) is 49.8 cm³/mol. The summed E-state index contributed by atoms with van der Waals surface area (Å²) in [5.41, 5.74) is 0. The van der Waals surface area contributed by atoms with Crippen molar-refractivity contribution >= 4 is 11.9 Å². The average molecular weight is 218 g/mol. The lowest BCUT2D eigenvalue weighted by Gasteiger charge is -2.03. The third kappa shape index (κ3) is 8.92. The van der Waals surface area contributed by atoms with Crippen LogP contribution in [0.25, 0.3) is 0 Å². The van der Waals surface area contributed by atoms with Crippen molar-refractivity contribution in [1.82, 2.24) is 0 Å². The van der Waals surface area contributed by atoms with Gasteiger partial charge < -0.3 is 19.7 Å². The first-order chi connectivity index (χ1) is 7.06. The Balaban J connectivity index is 3.74. The average Bonchev–Trinajstić information content (AvgIpc) is 2.20. The summed E-state index contributed by atoms with van der Waals surface area (Å²) >= 11 is 0. The van der Waals surface area contributed by atoms with E-state index in [1.807, 2.05) is 0 Å². The van der Waals surface area contributed by atoms with Crippen LogP contribution >= 0.6 is 0 Å². The molecule has 86 valence electrons. The Labute approximate surface area is 87.1 Å². The van der Waals surface area contributed by atoms with Crippen molar-refractivity contribution in [2.45, 2.75) is 13.0 Å². The van der Waals surface area contributed by atoms with Gasteiger partial charge in [0, 0.05) is 12.2 Å². The van der Waals surface area contributed by atoms with Crippen molar-refractivity contribution in [1.29, 1.82) is 0 Å². The number of esters is 2. The molecule has 0 heterocycles. The van der Waals surface area contributed by atoms with Gasteiger partial charge in [-0.3, -0.25) is 0 Å². The third-order valence-corrected chi connectivity index (χ3v) is 1.16. The summed E-state index contributed by atoms with van der Waals surface area (Å²) in [4.78, 5) is 21.6. The van der Waals surface area contributed by atoms with Gasteiger partial charge in [0.2, 0.25) is 0 Å². The number of aliphatic hydroxyl groups excluding tert-OH is 2. The predicted octanol–water partition coefficient (Wildman–Crippen LogP) is -0.998. The molecular weight excluding hydrogens is 204 g/mol. The van der Waals surface area contributed by atoms with Crippen LogP contribution in [0.2, 0.25) is 0 Å². The number of hydrogen-bond donors (Lipinski definition) is 2. The van der Waals surface area contributed by atoms with E-state index < -0.39 is 18.0 Å². The monoisotopic (exact) mass is 218 g/mol. The minimum Gasteiger partial charge on any atom is -0.460 e. The first-order valence-electron chi connectivity index (χ1n) is 4.36. The highest BCUT2D eigenvalue weighted by molar-refractivity contribution is 5.91. The fourth-order valence-electron chi connectivity index (χ4n) is 0.581. The number of rotatable bonds is 6. The second kappa shape index (κ2) is 7.95. The van der Waals surface area contributed by atoms with Gasteiger partial charge in [0.15, 0.2) is 0 Å². The summed E-state index contributed by atoms with van der Waals surface area (Å²) in [6.07, 6.45) is 1.03. The molecule has 2 N–H and O–H groups in total. The van der Waals surface area contributed by atoms with Gasteiger partial charge >= 0.3 is 11.9 Å². The Morgan fingerprint density at radius 2 is 1.80 bits per heavy atom. The molecule has 0 aromatic rings. The summed E-state index contributed by atoms with van der Waals surface area (Å²) in [6, 6.07) is 0. The van der Waals surface area contributed by atoms with Gasteiger partial charge in [0.25, 0.3) is 0 Å². The molecule has 0 saturated heterocycles. The number of carbonyl (C=O) groups is 2. The number of hydrogen-bond acceptors (Lipinski definition) is 6. The van der Waals surface area contributed by atoms with Crippen LogP contribution in [0.15, 0.2) is 12.2 Å². The SMILES string of the molecule is CC(O)COC(=O)C=CC(=O)OCCO. The maximum absolute atomic E-state index is 10.8. The van der Waals surface area contributed by atoms with E-state index in [2.05, 4.69) is 9.47 Å². The zero-order chi connectivity index (χ0) is 11.7. The Kier molecular flexibility index (Phi) is 7.21. The van der Waals surface area contributed by atoms with Crippen molar-refractivity contribution in [2.75, 3.05) is 19.8 Å². The molecule has 1 atom stereocenters. The van der Waals surface area contributed by atoms with Gasteiger partial charge in [0.05, 0.1) is 12.7 Å². The van der Waals surface area contributed by atoms with E-state index in [0.717, 1.165) is 12.2 Å². The van der Waals surface area contributed by atoms with Crippen molar-refractivity contribution in [3.8, 4) is 0 Å². The van der Waals surface area contributed by atoms with Gasteiger partial charge in [-0.1, -0.05) is 0 Å². The largest absolute Gasteiger partial charge is 0.460 e. The summed E-state index contributed by atoms with van der Waals surface area (Å²) in [5, 5.41) is 17.1. The Morgan fingerprint density at radius 3 is 2.27 bits per heavy atom. The molecule has 0 fully saturated rings. The lowest BCUT2D eigenvalue weighted by molar-refractivity contribution is -0.142. The summed E-state index contributed by atoms with van der Waals surface area (Å²) in [6.45, 7) is 0.944. The standard InChI is InChI=1S/C9H14O6/c1-7(11)6-15-9(13)3-2-8(12)14-5-4-10/h2-3,7,10-11H,4-6H2,1H3. The van der Waals surface area contributed by atoms with Gasteiger partial charge in [-0.2, -0.15) is 0 Å². The van der Waals surface area contributed by atoms with Gasteiger partial charge in [-0.15, -0.1) is 0 Å². The van der Waals surface area contributed by atoms with Crippen molar-refractivity contribution in [3.63, 3.8) is 0 Å². The third-order valence-electron chi connectivity index (χ3n) is 1.16. The van der Waals surface area contributed by atoms with Crippen LogP contribution in [0, 0.1) is 0 Å². The van der Waals surface area contributed by atoms with E-state index in [4.69, 9.17) is 10.2 Å². The highest BCUT2D eigenvalue weighted by Crippen LogP contribution is 1.88. The fraction of sp³-hybridized carbons (Fsp3) is 0.556. The molecule has 0 radical (unpaired) electrons. The molecule has 0 saturated carbocycles. The molecule has 0 aromatic heterocycles. The zero-order valence-electron chi connectivity index (χ0n) is 8.38. The molecule has 0 aliphatic rings. The molecule has 1 unspecified atom stereocenters. The van der Waals surface area contributed by atoms with E-state index in [-0.39, 0.29) is 19.8 Å². The van der Waals surface area contributed by atoms with E-state index in [1.165, 1.54) is 6.92 Å². The molecule has 0 bridgehead atoms. The van der Waals surface area contributed by atoms with Crippen LogP contribution in [0.4, 0.5) is 0 Å². The maximum atomic E-state index is 10.8. The van der Waals surface area contributed by atoms with Crippen LogP contribution in [-0.2, 0) is 19.1 Å². The van der Waals surface area contributed by atoms with Gasteiger partial charge in [0.1, 0.15) is 13.2 Å². The number of carbonyl (C=O) groups excluding carboxylic acids is 2. The van der Waals surface area contributed by atoms with Crippen molar-refractivity contribution in [3.05, 3.63) is 12.2 Å². The van der Waals surface area contributed by atoms with E-state index in [9.17, 15) is 9.59 Å². The summed E-state index contributed by atoms with van der Waals surface area (Å²) in [5.74, 6) is -1.48. The molecule has 15 heavy (non-hydrogen) atoms. The van der Waals surface area contributed by atoms with Crippen LogP contribution in [0.5, 0.6) is 0 Å².